The Morgan fingerprint density at radius 2 is 1.88 bits per heavy atom. The second-order valence-electron chi connectivity index (χ2n) is 5.00. The van der Waals surface area contributed by atoms with Crippen molar-refractivity contribution in [3.63, 3.8) is 0 Å². The summed E-state index contributed by atoms with van der Waals surface area (Å²) in [6.45, 7) is 1.58. The number of nitrogens with one attached hydrogen (secondary N) is 2. The molecule has 1 aliphatic heterocycles. The Bertz CT molecular complexity index is 785. The minimum atomic E-state index is -0.673. The van der Waals surface area contributed by atoms with Crippen LogP contribution in [0, 0.1) is 10.1 Å². The maximum atomic E-state index is 11.8. The number of nitro benzene ring substituents is 1. The fourth-order valence-corrected chi connectivity index (χ4v) is 2.19. The van der Waals surface area contributed by atoms with Crippen molar-refractivity contribution in [2.45, 2.75) is 0 Å². The highest BCUT2D eigenvalue weighted by Crippen LogP contribution is 2.17. The number of aliphatic imine (C=N–C) groups is 1. The highest BCUT2D eigenvalue weighted by Gasteiger charge is 2.10. The number of anilines is 1. The minimum absolute atomic E-state index is 0.0482. The van der Waals surface area contributed by atoms with E-state index in [1.165, 1.54) is 24.3 Å². The van der Waals surface area contributed by atoms with Crippen LogP contribution in [0.1, 0.15) is 5.56 Å². The molecule has 8 nitrogen and oxygen atoms in total. The van der Waals surface area contributed by atoms with Gasteiger partial charge in [-0.25, -0.2) is 4.79 Å². The minimum Gasteiger partial charge on any atom is -0.410 e. The number of nitro groups is 1. The van der Waals surface area contributed by atoms with E-state index in [9.17, 15) is 14.9 Å². The number of benzene rings is 2. The van der Waals surface area contributed by atoms with E-state index in [0.29, 0.717) is 11.4 Å². The molecule has 1 heterocycles. The van der Waals surface area contributed by atoms with Crippen molar-refractivity contribution in [2.24, 2.45) is 4.99 Å². The molecular formula is C16H14N4O4. The average molecular weight is 326 g/mol. The molecule has 0 fully saturated rings. The molecule has 0 atom stereocenters. The molecule has 24 heavy (non-hydrogen) atoms. The Morgan fingerprint density at radius 1 is 1.17 bits per heavy atom. The zero-order chi connectivity index (χ0) is 16.9. The van der Waals surface area contributed by atoms with Crippen molar-refractivity contribution >= 4 is 23.3 Å². The normalized spacial score (nSPS) is 12.9. The largest absolute Gasteiger partial charge is 0.417 e. The van der Waals surface area contributed by atoms with E-state index in [0.717, 1.165) is 24.5 Å². The monoisotopic (exact) mass is 326 g/mol. The summed E-state index contributed by atoms with van der Waals surface area (Å²) in [6.07, 6.45) is -0.673. The number of rotatable bonds is 4. The van der Waals surface area contributed by atoms with Gasteiger partial charge in [0.1, 0.15) is 11.6 Å². The molecule has 0 radical (unpaired) electrons. The lowest BCUT2D eigenvalue weighted by Gasteiger charge is -2.07. The van der Waals surface area contributed by atoms with E-state index in [-0.39, 0.29) is 5.69 Å². The number of carbonyl (C=O) groups excluding carboxylic acids is 1. The Balaban J connectivity index is 1.59. The Hall–Kier alpha value is -3.42. The fraction of sp³-hybridized carbons (Fsp3) is 0.125. The van der Waals surface area contributed by atoms with E-state index in [4.69, 9.17) is 4.74 Å². The fourth-order valence-electron chi connectivity index (χ4n) is 2.19. The third-order valence-corrected chi connectivity index (χ3v) is 3.34. The molecule has 0 saturated heterocycles. The van der Waals surface area contributed by atoms with E-state index in [2.05, 4.69) is 15.6 Å². The summed E-state index contributed by atoms with van der Waals surface area (Å²) in [5.41, 5.74) is 1.29. The van der Waals surface area contributed by atoms with Gasteiger partial charge in [-0.1, -0.05) is 0 Å². The summed E-state index contributed by atoms with van der Waals surface area (Å²) in [4.78, 5) is 26.2. The summed E-state index contributed by atoms with van der Waals surface area (Å²) in [5.74, 6) is 1.22. The van der Waals surface area contributed by atoms with Gasteiger partial charge in [-0.2, -0.15) is 0 Å². The van der Waals surface area contributed by atoms with Crippen LogP contribution in [-0.2, 0) is 0 Å². The number of hydrogen-bond donors (Lipinski definition) is 2. The zero-order valence-corrected chi connectivity index (χ0v) is 12.6. The van der Waals surface area contributed by atoms with Crippen molar-refractivity contribution in [2.75, 3.05) is 18.4 Å². The second-order valence-corrected chi connectivity index (χ2v) is 5.00. The first kappa shape index (κ1) is 15.5. The molecule has 2 aromatic carbocycles. The lowest BCUT2D eigenvalue weighted by molar-refractivity contribution is -0.384. The molecule has 1 aliphatic rings. The van der Waals surface area contributed by atoms with E-state index < -0.39 is 11.0 Å². The van der Waals surface area contributed by atoms with Crippen molar-refractivity contribution in [1.29, 1.82) is 0 Å². The average Bonchev–Trinajstić information content (AvgIpc) is 3.10. The topological polar surface area (TPSA) is 106 Å². The van der Waals surface area contributed by atoms with Crippen LogP contribution in [-0.4, -0.2) is 29.9 Å². The highest BCUT2D eigenvalue weighted by molar-refractivity contribution is 5.99. The standard InChI is InChI=1S/C16H14N4O4/c21-16(19-12-3-5-13(6-4-12)20(22)23)24-14-7-1-11(2-8-14)15-17-9-10-18-15/h1-8H,9-10H2,(H,17,18)(H,19,21). The van der Waals surface area contributed by atoms with Gasteiger partial charge in [0.15, 0.2) is 0 Å². The first-order valence-electron chi connectivity index (χ1n) is 7.24. The SMILES string of the molecule is O=C(Nc1ccc([N+](=O)[O-])cc1)Oc1ccc(C2=NCCN2)cc1. The predicted molar refractivity (Wildman–Crippen MR) is 88.6 cm³/mol. The van der Waals surface area contributed by atoms with Crippen LogP contribution in [0.2, 0.25) is 0 Å². The summed E-state index contributed by atoms with van der Waals surface area (Å²) in [5, 5.41) is 16.2. The van der Waals surface area contributed by atoms with Crippen molar-refractivity contribution in [3.05, 3.63) is 64.2 Å². The Morgan fingerprint density at radius 3 is 2.46 bits per heavy atom. The number of non-ortho nitro benzene ring substituents is 1. The van der Waals surface area contributed by atoms with Crippen molar-refractivity contribution in [1.82, 2.24) is 5.32 Å². The van der Waals surface area contributed by atoms with E-state index in [1.807, 2.05) is 12.1 Å². The number of carbonyl (C=O) groups is 1. The number of hydrogen-bond acceptors (Lipinski definition) is 6. The van der Waals surface area contributed by atoms with Gasteiger partial charge in [0.25, 0.3) is 5.69 Å². The van der Waals surface area contributed by atoms with Gasteiger partial charge in [0.05, 0.1) is 11.5 Å². The molecule has 2 aromatic rings. The van der Waals surface area contributed by atoms with Crippen molar-refractivity contribution < 1.29 is 14.5 Å². The smallest absolute Gasteiger partial charge is 0.410 e. The molecule has 0 saturated carbocycles. The summed E-state index contributed by atoms with van der Waals surface area (Å²) < 4.78 is 5.17. The van der Waals surface area contributed by atoms with Gasteiger partial charge in [-0.05, 0) is 36.4 Å². The lowest BCUT2D eigenvalue weighted by atomic mass is 10.2. The Labute approximate surface area is 137 Å². The second kappa shape index (κ2) is 6.78. The number of ether oxygens (including phenoxy) is 1. The molecule has 0 unspecified atom stereocenters. The molecular weight excluding hydrogens is 312 g/mol. The summed E-state index contributed by atoms with van der Waals surface area (Å²) in [7, 11) is 0. The molecule has 122 valence electrons. The van der Waals surface area contributed by atoms with Gasteiger partial charge >= 0.3 is 6.09 Å². The van der Waals surface area contributed by atoms with Crippen LogP contribution in [0.4, 0.5) is 16.2 Å². The van der Waals surface area contributed by atoms with Crippen LogP contribution >= 0.6 is 0 Å². The number of nitrogens with zero attached hydrogens (tertiary/aromatic N) is 2. The van der Waals surface area contributed by atoms with Gasteiger partial charge in [0.2, 0.25) is 0 Å². The first-order chi connectivity index (χ1) is 11.6. The molecule has 0 aliphatic carbocycles. The predicted octanol–water partition coefficient (Wildman–Crippen LogP) is 2.56. The maximum absolute atomic E-state index is 11.8. The van der Waals surface area contributed by atoms with Crippen LogP contribution in [0.5, 0.6) is 5.75 Å². The van der Waals surface area contributed by atoms with E-state index >= 15 is 0 Å². The molecule has 3 rings (SSSR count). The molecule has 2 N–H and O–H groups in total. The third-order valence-electron chi connectivity index (χ3n) is 3.34. The van der Waals surface area contributed by atoms with Crippen LogP contribution in [0.3, 0.4) is 0 Å². The van der Waals surface area contributed by atoms with Gasteiger partial charge in [-0.3, -0.25) is 20.4 Å². The van der Waals surface area contributed by atoms with E-state index in [1.54, 1.807) is 12.1 Å². The molecule has 0 bridgehead atoms. The molecule has 0 spiro atoms. The molecule has 8 heteroatoms. The summed E-state index contributed by atoms with van der Waals surface area (Å²) >= 11 is 0. The third kappa shape index (κ3) is 3.67. The van der Waals surface area contributed by atoms with Gasteiger partial charge < -0.3 is 10.1 Å². The Kier molecular flexibility index (Phi) is 4.37. The number of amidine groups is 1. The quantitative estimate of drug-likeness (QED) is 0.663. The van der Waals surface area contributed by atoms with Crippen molar-refractivity contribution in [3.8, 4) is 5.75 Å². The number of amides is 1. The highest BCUT2D eigenvalue weighted by atomic mass is 16.6. The van der Waals surface area contributed by atoms with Crippen LogP contribution in [0.15, 0.2) is 53.5 Å². The zero-order valence-electron chi connectivity index (χ0n) is 12.6. The maximum Gasteiger partial charge on any atom is 0.417 e. The lowest BCUT2D eigenvalue weighted by Crippen LogP contribution is -2.19. The van der Waals surface area contributed by atoms with Gasteiger partial charge in [0, 0.05) is 29.9 Å². The van der Waals surface area contributed by atoms with Crippen LogP contribution < -0.4 is 15.4 Å². The first-order valence-corrected chi connectivity index (χ1v) is 7.24. The van der Waals surface area contributed by atoms with Gasteiger partial charge in [-0.15, -0.1) is 0 Å². The van der Waals surface area contributed by atoms with Crippen LogP contribution in [0.25, 0.3) is 0 Å². The molecule has 0 aromatic heterocycles. The molecule has 1 amide bonds. The summed E-state index contributed by atoms with van der Waals surface area (Å²) in [6, 6.07) is 12.5.